The van der Waals surface area contributed by atoms with Crippen LogP contribution in [-0.4, -0.2) is 38.4 Å². The highest BCUT2D eigenvalue weighted by molar-refractivity contribution is 7.88. The SMILES string of the molecule is Cc1ccccc1CS(=O)(=O)N[C@@H](C)C(=O)N1CCCCC1. The first-order chi connectivity index (χ1) is 10.4. The van der Waals surface area contributed by atoms with Crippen molar-refractivity contribution in [3.63, 3.8) is 0 Å². The van der Waals surface area contributed by atoms with Gasteiger partial charge in [0.25, 0.3) is 0 Å². The van der Waals surface area contributed by atoms with E-state index in [1.165, 1.54) is 0 Å². The van der Waals surface area contributed by atoms with Crippen LogP contribution < -0.4 is 4.72 Å². The van der Waals surface area contributed by atoms with Crippen molar-refractivity contribution in [1.29, 1.82) is 0 Å². The Bertz CT molecular complexity index is 622. The molecule has 0 aromatic heterocycles. The predicted molar refractivity (Wildman–Crippen MR) is 86.8 cm³/mol. The van der Waals surface area contributed by atoms with Crippen LogP contribution in [0.1, 0.15) is 37.3 Å². The van der Waals surface area contributed by atoms with E-state index in [4.69, 9.17) is 0 Å². The highest BCUT2D eigenvalue weighted by Crippen LogP contribution is 2.13. The van der Waals surface area contributed by atoms with Gasteiger partial charge in [0.15, 0.2) is 0 Å². The van der Waals surface area contributed by atoms with Gasteiger partial charge >= 0.3 is 0 Å². The van der Waals surface area contributed by atoms with Crippen molar-refractivity contribution >= 4 is 15.9 Å². The molecule has 0 spiro atoms. The van der Waals surface area contributed by atoms with Gasteiger partial charge in [-0.3, -0.25) is 4.79 Å². The van der Waals surface area contributed by atoms with E-state index in [0.29, 0.717) is 0 Å². The van der Waals surface area contributed by atoms with Crippen LogP contribution in [0.5, 0.6) is 0 Å². The first-order valence-electron chi connectivity index (χ1n) is 7.72. The minimum atomic E-state index is -3.54. The van der Waals surface area contributed by atoms with Gasteiger partial charge in [-0.2, -0.15) is 0 Å². The number of piperidine rings is 1. The summed E-state index contributed by atoms with van der Waals surface area (Å²) in [4.78, 5) is 14.0. The number of nitrogens with zero attached hydrogens (tertiary/aromatic N) is 1. The lowest BCUT2D eigenvalue weighted by Gasteiger charge is -2.29. The van der Waals surface area contributed by atoms with Crippen LogP contribution >= 0.6 is 0 Å². The van der Waals surface area contributed by atoms with E-state index >= 15 is 0 Å². The van der Waals surface area contributed by atoms with Crippen molar-refractivity contribution in [3.8, 4) is 0 Å². The van der Waals surface area contributed by atoms with Crippen LogP contribution in [0.15, 0.2) is 24.3 Å². The third-order valence-corrected chi connectivity index (χ3v) is 5.40. The molecule has 1 aromatic rings. The third-order valence-electron chi connectivity index (χ3n) is 4.00. The maximum absolute atomic E-state index is 12.3. The average Bonchev–Trinajstić information content (AvgIpc) is 2.49. The van der Waals surface area contributed by atoms with Crippen molar-refractivity contribution in [1.82, 2.24) is 9.62 Å². The van der Waals surface area contributed by atoms with Gasteiger partial charge < -0.3 is 4.90 Å². The molecule has 1 amide bonds. The molecule has 1 atom stereocenters. The average molecular weight is 324 g/mol. The number of hydrogen-bond acceptors (Lipinski definition) is 3. The Morgan fingerprint density at radius 1 is 1.23 bits per heavy atom. The summed E-state index contributed by atoms with van der Waals surface area (Å²) in [5.74, 6) is -0.231. The summed E-state index contributed by atoms with van der Waals surface area (Å²) in [6.45, 7) is 4.95. The minimum Gasteiger partial charge on any atom is -0.341 e. The zero-order valence-corrected chi connectivity index (χ0v) is 14.0. The van der Waals surface area contributed by atoms with E-state index < -0.39 is 16.1 Å². The van der Waals surface area contributed by atoms with Crippen LogP contribution in [0.4, 0.5) is 0 Å². The Morgan fingerprint density at radius 3 is 2.50 bits per heavy atom. The second-order valence-corrected chi connectivity index (χ2v) is 7.66. The molecule has 1 heterocycles. The smallest absolute Gasteiger partial charge is 0.240 e. The van der Waals surface area contributed by atoms with Crippen molar-refractivity contribution in [2.24, 2.45) is 0 Å². The summed E-state index contributed by atoms with van der Waals surface area (Å²) in [5.41, 5.74) is 1.69. The standard InChI is InChI=1S/C16H24N2O3S/c1-13-8-4-5-9-15(13)12-22(20,21)17-14(2)16(19)18-10-6-3-7-11-18/h4-5,8-9,14,17H,3,6-7,10-12H2,1-2H3/t14-/m0/s1. The van der Waals surface area contributed by atoms with E-state index in [0.717, 1.165) is 43.5 Å². The molecule has 0 unspecified atom stereocenters. The Labute approximate surface area is 132 Å². The summed E-state index contributed by atoms with van der Waals surface area (Å²) in [6.07, 6.45) is 3.13. The van der Waals surface area contributed by atoms with Gasteiger partial charge in [0.1, 0.15) is 0 Å². The second kappa shape index (κ2) is 7.24. The number of aryl methyl sites for hydroxylation is 1. The third kappa shape index (κ3) is 4.55. The van der Waals surface area contributed by atoms with E-state index in [1.54, 1.807) is 17.9 Å². The molecule has 122 valence electrons. The molecular formula is C16H24N2O3S. The van der Waals surface area contributed by atoms with Gasteiger partial charge in [0, 0.05) is 13.1 Å². The van der Waals surface area contributed by atoms with Crippen molar-refractivity contribution in [2.45, 2.75) is 44.9 Å². The summed E-state index contributed by atoms with van der Waals surface area (Å²) in [6, 6.07) is 6.66. The second-order valence-electron chi connectivity index (χ2n) is 5.91. The van der Waals surface area contributed by atoms with Gasteiger partial charge in [0.2, 0.25) is 15.9 Å². The number of amides is 1. The predicted octanol–water partition coefficient (Wildman–Crippen LogP) is 1.82. The lowest BCUT2D eigenvalue weighted by Crippen LogP contribution is -2.48. The van der Waals surface area contributed by atoms with Gasteiger partial charge in [-0.1, -0.05) is 24.3 Å². The van der Waals surface area contributed by atoms with Crippen LogP contribution in [0, 0.1) is 6.92 Å². The number of rotatable bonds is 5. The maximum atomic E-state index is 12.3. The Hall–Kier alpha value is -1.40. The topological polar surface area (TPSA) is 66.5 Å². The van der Waals surface area contributed by atoms with Crippen LogP contribution in [-0.2, 0) is 20.6 Å². The number of hydrogen-bond donors (Lipinski definition) is 1. The zero-order valence-electron chi connectivity index (χ0n) is 13.2. The zero-order chi connectivity index (χ0) is 16.2. The fourth-order valence-electron chi connectivity index (χ4n) is 2.73. The molecule has 1 N–H and O–H groups in total. The van der Waals surface area contributed by atoms with Gasteiger partial charge in [-0.15, -0.1) is 0 Å². The lowest BCUT2D eigenvalue weighted by atomic mass is 10.1. The fourth-order valence-corrected chi connectivity index (χ4v) is 4.18. The number of benzene rings is 1. The molecule has 22 heavy (non-hydrogen) atoms. The number of sulfonamides is 1. The Morgan fingerprint density at radius 2 is 1.86 bits per heavy atom. The molecule has 2 rings (SSSR count). The molecule has 0 aliphatic carbocycles. The lowest BCUT2D eigenvalue weighted by molar-refractivity contribution is -0.133. The summed E-state index contributed by atoms with van der Waals surface area (Å²) < 4.78 is 27.0. The van der Waals surface area contributed by atoms with Crippen LogP contribution in [0.3, 0.4) is 0 Å². The van der Waals surface area contributed by atoms with Gasteiger partial charge in [-0.05, 0) is 44.2 Å². The molecule has 1 aromatic carbocycles. The first kappa shape index (κ1) is 17.0. The number of carbonyl (C=O) groups excluding carboxylic acids is 1. The maximum Gasteiger partial charge on any atom is 0.240 e. The highest BCUT2D eigenvalue weighted by Gasteiger charge is 2.26. The quantitative estimate of drug-likeness (QED) is 0.898. The molecule has 6 heteroatoms. The first-order valence-corrected chi connectivity index (χ1v) is 9.37. The largest absolute Gasteiger partial charge is 0.341 e. The van der Waals surface area contributed by atoms with Crippen LogP contribution in [0.2, 0.25) is 0 Å². The highest BCUT2D eigenvalue weighted by atomic mass is 32.2. The van der Waals surface area contributed by atoms with Crippen molar-refractivity contribution in [3.05, 3.63) is 35.4 Å². The summed E-state index contributed by atoms with van der Waals surface area (Å²) in [7, 11) is -3.54. The van der Waals surface area contributed by atoms with Crippen molar-refractivity contribution in [2.75, 3.05) is 13.1 Å². The Balaban J connectivity index is 1.98. The molecular weight excluding hydrogens is 300 g/mol. The van der Waals surface area contributed by atoms with Gasteiger partial charge in [-0.25, -0.2) is 13.1 Å². The Kier molecular flexibility index (Phi) is 5.58. The number of nitrogens with one attached hydrogen (secondary N) is 1. The van der Waals surface area contributed by atoms with E-state index in [-0.39, 0.29) is 11.7 Å². The van der Waals surface area contributed by atoms with Crippen LogP contribution in [0.25, 0.3) is 0 Å². The summed E-state index contributed by atoms with van der Waals surface area (Å²) in [5, 5.41) is 0. The minimum absolute atomic E-state index is 0.0999. The molecule has 1 aliphatic rings. The molecule has 0 saturated carbocycles. The van der Waals surface area contributed by atoms with E-state index in [9.17, 15) is 13.2 Å². The molecule has 1 aliphatic heterocycles. The van der Waals surface area contributed by atoms with Crippen molar-refractivity contribution < 1.29 is 13.2 Å². The summed E-state index contributed by atoms with van der Waals surface area (Å²) >= 11 is 0. The number of likely N-dealkylation sites (tertiary alicyclic amines) is 1. The van der Waals surface area contributed by atoms with E-state index in [1.807, 2.05) is 25.1 Å². The van der Waals surface area contributed by atoms with E-state index in [2.05, 4.69) is 4.72 Å². The number of carbonyl (C=O) groups is 1. The normalized spacial score (nSPS) is 17.3. The van der Waals surface area contributed by atoms with Gasteiger partial charge in [0.05, 0.1) is 11.8 Å². The molecule has 1 saturated heterocycles. The molecule has 0 bridgehead atoms. The molecule has 0 radical (unpaired) electrons. The molecule has 1 fully saturated rings. The monoisotopic (exact) mass is 324 g/mol. The fraction of sp³-hybridized carbons (Fsp3) is 0.562. The molecule has 5 nitrogen and oxygen atoms in total.